The Morgan fingerprint density at radius 3 is 1.63 bits per heavy atom. The Morgan fingerprint density at radius 1 is 0.733 bits per heavy atom. The van der Waals surface area contributed by atoms with Crippen molar-refractivity contribution in [1.29, 1.82) is 0 Å². The van der Waals surface area contributed by atoms with Crippen LogP contribution in [-0.2, 0) is 9.59 Å². The molecule has 2 amide bonds. The molecule has 0 unspecified atom stereocenters. The summed E-state index contributed by atoms with van der Waals surface area (Å²) in [5.41, 5.74) is 6.24. The zero-order valence-corrected chi connectivity index (χ0v) is 15.8. The first-order valence-electron chi connectivity index (χ1n) is 9.10. The minimum Gasteiger partial charge on any atom is -0.454 e. The second-order valence-electron chi connectivity index (χ2n) is 6.31. The highest BCUT2D eigenvalue weighted by Crippen LogP contribution is 2.32. The van der Waals surface area contributed by atoms with Crippen molar-refractivity contribution in [3.8, 4) is 23.0 Å². The van der Waals surface area contributed by atoms with E-state index < -0.39 is 0 Å². The Labute approximate surface area is 171 Å². The number of hydrazone groups is 2. The van der Waals surface area contributed by atoms with Crippen LogP contribution < -0.4 is 29.8 Å². The summed E-state index contributed by atoms with van der Waals surface area (Å²) in [6.07, 6.45) is 2.92. The molecule has 4 rings (SSSR count). The average Bonchev–Trinajstić information content (AvgIpc) is 3.40. The van der Waals surface area contributed by atoms with Gasteiger partial charge in [0.25, 0.3) is 0 Å². The molecule has 2 aromatic rings. The molecule has 154 valence electrons. The standard InChI is InChI=1S/C20H18N4O6/c25-19(23-21-9-13-1-3-15-17(7-13)29-11-27-15)5-6-20(26)24-22-10-14-2-4-16-18(8-14)30-12-28-16/h1-4,7-10H,5-6,11-12H2,(H,23,25)(H,24,26)/b21-9+,22-10+. The van der Waals surface area contributed by atoms with Crippen LogP contribution in [0.4, 0.5) is 0 Å². The zero-order chi connectivity index (χ0) is 20.8. The minimum atomic E-state index is -0.387. The van der Waals surface area contributed by atoms with E-state index in [2.05, 4.69) is 21.1 Å². The van der Waals surface area contributed by atoms with Crippen molar-refractivity contribution in [1.82, 2.24) is 10.9 Å². The van der Waals surface area contributed by atoms with E-state index in [1.54, 1.807) is 36.4 Å². The number of rotatable bonds is 7. The normalized spacial score (nSPS) is 13.7. The smallest absolute Gasteiger partial charge is 0.240 e. The lowest BCUT2D eigenvalue weighted by molar-refractivity contribution is -0.126. The molecule has 30 heavy (non-hydrogen) atoms. The van der Waals surface area contributed by atoms with E-state index in [-0.39, 0.29) is 38.2 Å². The summed E-state index contributed by atoms with van der Waals surface area (Å²) >= 11 is 0. The van der Waals surface area contributed by atoms with Gasteiger partial charge < -0.3 is 18.9 Å². The summed E-state index contributed by atoms with van der Waals surface area (Å²) in [6.45, 7) is 0.380. The van der Waals surface area contributed by atoms with Crippen LogP contribution in [0.2, 0.25) is 0 Å². The van der Waals surface area contributed by atoms with E-state index in [4.69, 9.17) is 18.9 Å². The highest BCUT2D eigenvalue weighted by Gasteiger charge is 2.13. The lowest BCUT2D eigenvalue weighted by Gasteiger charge is -2.01. The van der Waals surface area contributed by atoms with E-state index in [1.165, 1.54) is 12.4 Å². The van der Waals surface area contributed by atoms with E-state index in [0.717, 1.165) is 11.1 Å². The Bertz CT molecular complexity index is 939. The lowest BCUT2D eigenvalue weighted by Crippen LogP contribution is -2.22. The van der Waals surface area contributed by atoms with E-state index >= 15 is 0 Å². The molecule has 0 saturated heterocycles. The Morgan fingerprint density at radius 2 is 1.17 bits per heavy atom. The van der Waals surface area contributed by atoms with Crippen molar-refractivity contribution in [2.75, 3.05) is 13.6 Å². The molecule has 0 aromatic heterocycles. The van der Waals surface area contributed by atoms with Gasteiger partial charge in [-0.3, -0.25) is 9.59 Å². The fraction of sp³-hybridized carbons (Fsp3) is 0.200. The largest absolute Gasteiger partial charge is 0.454 e. The van der Waals surface area contributed by atoms with Gasteiger partial charge in [-0.15, -0.1) is 0 Å². The second-order valence-corrected chi connectivity index (χ2v) is 6.31. The fourth-order valence-electron chi connectivity index (χ4n) is 2.68. The third kappa shape index (κ3) is 4.85. The highest BCUT2D eigenvalue weighted by atomic mass is 16.7. The number of carbonyl (C=O) groups excluding carboxylic acids is 2. The maximum Gasteiger partial charge on any atom is 0.240 e. The number of fused-ring (bicyclic) bond motifs is 2. The molecule has 0 atom stereocenters. The molecule has 0 bridgehead atoms. The molecule has 0 aliphatic carbocycles. The van der Waals surface area contributed by atoms with Gasteiger partial charge in [0.05, 0.1) is 12.4 Å². The molecule has 0 radical (unpaired) electrons. The van der Waals surface area contributed by atoms with Crippen LogP contribution in [0, 0.1) is 0 Å². The van der Waals surface area contributed by atoms with Gasteiger partial charge in [0.15, 0.2) is 23.0 Å². The minimum absolute atomic E-state index is 0.0240. The molecule has 10 nitrogen and oxygen atoms in total. The lowest BCUT2D eigenvalue weighted by atomic mass is 10.2. The van der Waals surface area contributed by atoms with Crippen LogP contribution >= 0.6 is 0 Å². The zero-order valence-electron chi connectivity index (χ0n) is 15.8. The van der Waals surface area contributed by atoms with Gasteiger partial charge >= 0.3 is 0 Å². The predicted octanol–water partition coefficient (Wildman–Crippen LogP) is 1.52. The van der Waals surface area contributed by atoms with E-state index in [9.17, 15) is 9.59 Å². The summed E-state index contributed by atoms with van der Waals surface area (Å²) in [6, 6.07) is 10.6. The maximum atomic E-state index is 11.8. The maximum absolute atomic E-state index is 11.8. The first kappa shape index (κ1) is 19.2. The second kappa shape index (κ2) is 8.95. The van der Waals surface area contributed by atoms with Gasteiger partial charge in [-0.25, -0.2) is 10.9 Å². The van der Waals surface area contributed by atoms with Crippen LogP contribution in [-0.4, -0.2) is 37.8 Å². The third-order valence-corrected chi connectivity index (χ3v) is 4.18. The first-order valence-corrected chi connectivity index (χ1v) is 9.10. The van der Waals surface area contributed by atoms with Crippen LogP contribution in [0.15, 0.2) is 46.6 Å². The van der Waals surface area contributed by atoms with Gasteiger partial charge in [0.2, 0.25) is 25.4 Å². The van der Waals surface area contributed by atoms with Crippen molar-refractivity contribution >= 4 is 24.2 Å². The first-order chi connectivity index (χ1) is 14.7. The summed E-state index contributed by atoms with van der Waals surface area (Å²) < 4.78 is 21.0. The SMILES string of the molecule is O=C(CCC(=O)N/N=C/c1ccc2c(c1)OCO2)N/N=C/c1ccc2c(c1)OCO2. The molecule has 10 heteroatoms. The van der Waals surface area contributed by atoms with Crippen LogP contribution in [0.25, 0.3) is 0 Å². The number of benzene rings is 2. The summed E-state index contributed by atoms with van der Waals surface area (Å²) in [5.74, 6) is 1.82. The Kier molecular flexibility index (Phi) is 5.74. The number of nitrogens with one attached hydrogen (secondary N) is 2. The molecule has 2 aromatic carbocycles. The van der Waals surface area contributed by atoms with Crippen LogP contribution in [0.3, 0.4) is 0 Å². The molecule has 0 spiro atoms. The molecular formula is C20H18N4O6. The topological polar surface area (TPSA) is 120 Å². The molecular weight excluding hydrogens is 392 g/mol. The van der Waals surface area contributed by atoms with Crippen LogP contribution in [0.5, 0.6) is 23.0 Å². The van der Waals surface area contributed by atoms with E-state index in [1.807, 2.05) is 0 Å². The number of ether oxygens (including phenoxy) is 4. The van der Waals surface area contributed by atoms with Gasteiger partial charge in [0, 0.05) is 12.8 Å². The fourth-order valence-corrected chi connectivity index (χ4v) is 2.68. The molecule has 0 fully saturated rings. The molecule has 2 aliphatic heterocycles. The monoisotopic (exact) mass is 410 g/mol. The predicted molar refractivity (Wildman–Crippen MR) is 106 cm³/mol. The molecule has 0 saturated carbocycles. The Balaban J connectivity index is 1.17. The third-order valence-electron chi connectivity index (χ3n) is 4.18. The number of nitrogens with zero attached hydrogens (tertiary/aromatic N) is 2. The van der Waals surface area contributed by atoms with Crippen molar-refractivity contribution in [2.24, 2.45) is 10.2 Å². The Hall–Kier alpha value is -4.08. The van der Waals surface area contributed by atoms with E-state index in [0.29, 0.717) is 23.0 Å². The number of amides is 2. The van der Waals surface area contributed by atoms with Crippen molar-refractivity contribution < 1.29 is 28.5 Å². The van der Waals surface area contributed by atoms with Crippen LogP contribution in [0.1, 0.15) is 24.0 Å². The van der Waals surface area contributed by atoms with Gasteiger partial charge in [-0.2, -0.15) is 10.2 Å². The summed E-state index contributed by atoms with van der Waals surface area (Å²) in [5, 5.41) is 7.74. The highest BCUT2D eigenvalue weighted by molar-refractivity contribution is 5.87. The van der Waals surface area contributed by atoms with Crippen molar-refractivity contribution in [3.05, 3.63) is 47.5 Å². The van der Waals surface area contributed by atoms with Gasteiger partial charge in [-0.05, 0) is 47.5 Å². The van der Waals surface area contributed by atoms with Gasteiger partial charge in [0.1, 0.15) is 0 Å². The quantitative estimate of drug-likeness (QED) is 0.528. The molecule has 2 heterocycles. The van der Waals surface area contributed by atoms with Crippen molar-refractivity contribution in [3.63, 3.8) is 0 Å². The molecule has 2 aliphatic rings. The summed E-state index contributed by atoms with van der Waals surface area (Å²) in [7, 11) is 0. The van der Waals surface area contributed by atoms with Gasteiger partial charge in [-0.1, -0.05) is 0 Å². The summed E-state index contributed by atoms with van der Waals surface area (Å²) in [4.78, 5) is 23.6. The average molecular weight is 410 g/mol. The number of hydrogen-bond donors (Lipinski definition) is 2. The number of hydrogen-bond acceptors (Lipinski definition) is 8. The molecule has 2 N–H and O–H groups in total. The number of carbonyl (C=O) groups is 2. The van der Waals surface area contributed by atoms with Crippen molar-refractivity contribution in [2.45, 2.75) is 12.8 Å².